The predicted octanol–water partition coefficient (Wildman–Crippen LogP) is 3.54. The van der Waals surface area contributed by atoms with E-state index in [0.717, 1.165) is 16.3 Å². The monoisotopic (exact) mass is 392 g/mol. The molecule has 3 aromatic carbocycles. The van der Waals surface area contributed by atoms with Crippen molar-refractivity contribution in [3.8, 4) is 11.5 Å². The van der Waals surface area contributed by atoms with E-state index in [4.69, 9.17) is 9.47 Å². The number of anilines is 1. The molecule has 6 heteroatoms. The highest BCUT2D eigenvalue weighted by molar-refractivity contribution is 5.96. The molecule has 0 heterocycles. The number of fused-ring (bicyclic) bond motifs is 1. The van der Waals surface area contributed by atoms with Gasteiger partial charge in [0.1, 0.15) is 0 Å². The van der Waals surface area contributed by atoms with Crippen LogP contribution in [0.3, 0.4) is 0 Å². The average Bonchev–Trinajstić information content (AvgIpc) is 2.74. The maximum atomic E-state index is 12.3. The first kappa shape index (κ1) is 20.2. The molecule has 0 aliphatic rings. The summed E-state index contributed by atoms with van der Waals surface area (Å²) < 4.78 is 10.7. The molecule has 0 spiro atoms. The molecule has 3 rings (SSSR count). The van der Waals surface area contributed by atoms with Crippen molar-refractivity contribution in [3.63, 3.8) is 0 Å². The average molecular weight is 392 g/mol. The van der Waals surface area contributed by atoms with Gasteiger partial charge in [-0.1, -0.05) is 42.5 Å². The molecule has 0 fully saturated rings. The van der Waals surface area contributed by atoms with E-state index in [1.54, 1.807) is 18.2 Å². The van der Waals surface area contributed by atoms with Crippen molar-refractivity contribution in [3.05, 3.63) is 66.2 Å². The Bertz CT molecular complexity index is 1010. The summed E-state index contributed by atoms with van der Waals surface area (Å²) >= 11 is 0. The van der Waals surface area contributed by atoms with Crippen molar-refractivity contribution in [1.29, 1.82) is 0 Å². The van der Waals surface area contributed by atoms with E-state index in [-0.39, 0.29) is 24.8 Å². The molecule has 2 N–H and O–H groups in total. The van der Waals surface area contributed by atoms with E-state index in [0.29, 0.717) is 23.8 Å². The van der Waals surface area contributed by atoms with E-state index in [9.17, 15) is 9.59 Å². The molecule has 6 nitrogen and oxygen atoms in total. The van der Waals surface area contributed by atoms with Crippen molar-refractivity contribution < 1.29 is 19.1 Å². The van der Waals surface area contributed by atoms with Gasteiger partial charge in [0.05, 0.1) is 26.7 Å². The Labute approximate surface area is 169 Å². The predicted molar refractivity (Wildman–Crippen MR) is 113 cm³/mol. The lowest BCUT2D eigenvalue weighted by Gasteiger charge is -2.12. The van der Waals surface area contributed by atoms with Gasteiger partial charge in [-0.25, -0.2) is 0 Å². The van der Waals surface area contributed by atoms with Gasteiger partial charge in [-0.15, -0.1) is 0 Å². The van der Waals surface area contributed by atoms with Gasteiger partial charge in [-0.2, -0.15) is 0 Å². The molecular formula is C23H24N2O4. The van der Waals surface area contributed by atoms with Gasteiger partial charge in [0, 0.05) is 11.8 Å². The summed E-state index contributed by atoms with van der Waals surface area (Å²) in [6, 6.07) is 18.9. The van der Waals surface area contributed by atoms with Gasteiger partial charge in [0.2, 0.25) is 11.8 Å². The number of rotatable bonds is 8. The Hall–Kier alpha value is -3.54. The molecule has 29 heavy (non-hydrogen) atoms. The van der Waals surface area contributed by atoms with Crippen LogP contribution in [0.4, 0.5) is 5.69 Å². The summed E-state index contributed by atoms with van der Waals surface area (Å²) in [5, 5.41) is 7.54. The fraction of sp³-hybridized carbons (Fsp3) is 0.217. The Balaban J connectivity index is 1.56. The molecule has 2 amide bonds. The van der Waals surface area contributed by atoms with Crippen LogP contribution in [0.15, 0.2) is 60.7 Å². The first-order valence-electron chi connectivity index (χ1n) is 9.44. The standard InChI is InChI=1S/C23H24N2O4/c1-3-29-20-12-11-18(14-21(20)28-2)25-23(27)15-24-22(26)13-17-9-6-8-16-7-4-5-10-19(16)17/h4-12,14H,3,13,15H2,1-2H3,(H,24,26)(H,25,27). The molecule has 0 radical (unpaired) electrons. The number of hydrogen-bond donors (Lipinski definition) is 2. The number of hydrogen-bond acceptors (Lipinski definition) is 4. The second kappa shape index (κ2) is 9.59. The Kier molecular flexibility index (Phi) is 6.68. The summed E-state index contributed by atoms with van der Waals surface area (Å²) in [4.78, 5) is 24.5. The minimum atomic E-state index is -0.317. The summed E-state index contributed by atoms with van der Waals surface area (Å²) in [6.45, 7) is 2.29. The lowest BCUT2D eigenvalue weighted by Crippen LogP contribution is -2.33. The smallest absolute Gasteiger partial charge is 0.243 e. The summed E-state index contributed by atoms with van der Waals surface area (Å²) in [5.41, 5.74) is 1.50. The van der Waals surface area contributed by atoms with Crippen LogP contribution in [-0.4, -0.2) is 32.1 Å². The van der Waals surface area contributed by atoms with Crippen LogP contribution in [-0.2, 0) is 16.0 Å². The van der Waals surface area contributed by atoms with E-state index in [2.05, 4.69) is 10.6 Å². The minimum absolute atomic E-state index is 0.112. The normalized spacial score (nSPS) is 10.4. The number of carbonyl (C=O) groups is 2. The van der Waals surface area contributed by atoms with E-state index < -0.39 is 0 Å². The zero-order valence-electron chi connectivity index (χ0n) is 16.5. The van der Waals surface area contributed by atoms with Crippen LogP contribution in [0.5, 0.6) is 11.5 Å². The molecule has 0 saturated carbocycles. The number of amides is 2. The van der Waals surface area contributed by atoms with E-state index >= 15 is 0 Å². The minimum Gasteiger partial charge on any atom is -0.493 e. The number of methoxy groups -OCH3 is 1. The van der Waals surface area contributed by atoms with Crippen molar-refractivity contribution in [2.45, 2.75) is 13.3 Å². The van der Waals surface area contributed by atoms with Gasteiger partial charge >= 0.3 is 0 Å². The van der Waals surface area contributed by atoms with Crippen LogP contribution in [0.25, 0.3) is 10.8 Å². The second-order valence-corrected chi connectivity index (χ2v) is 6.44. The number of ether oxygens (including phenoxy) is 2. The maximum Gasteiger partial charge on any atom is 0.243 e. The van der Waals surface area contributed by atoms with Gasteiger partial charge in [-0.05, 0) is 35.4 Å². The molecule has 0 bridgehead atoms. The first-order valence-corrected chi connectivity index (χ1v) is 9.44. The third-order valence-electron chi connectivity index (χ3n) is 4.42. The van der Waals surface area contributed by atoms with E-state index in [1.165, 1.54) is 7.11 Å². The Morgan fingerprint density at radius 2 is 1.72 bits per heavy atom. The molecule has 0 aliphatic heterocycles. The molecular weight excluding hydrogens is 368 g/mol. The van der Waals surface area contributed by atoms with Crippen LogP contribution in [0, 0.1) is 0 Å². The molecule has 3 aromatic rings. The molecule has 0 aliphatic carbocycles. The van der Waals surface area contributed by atoms with Crippen molar-refractivity contribution in [2.75, 3.05) is 25.6 Å². The highest BCUT2D eigenvalue weighted by Gasteiger charge is 2.11. The van der Waals surface area contributed by atoms with Crippen LogP contribution in [0.1, 0.15) is 12.5 Å². The van der Waals surface area contributed by atoms with Crippen molar-refractivity contribution >= 4 is 28.3 Å². The Morgan fingerprint density at radius 1 is 0.931 bits per heavy atom. The molecule has 0 saturated heterocycles. The van der Waals surface area contributed by atoms with Gasteiger partial charge in [-0.3, -0.25) is 9.59 Å². The van der Waals surface area contributed by atoms with Crippen LogP contribution < -0.4 is 20.1 Å². The zero-order chi connectivity index (χ0) is 20.6. The van der Waals surface area contributed by atoms with Crippen molar-refractivity contribution in [1.82, 2.24) is 5.32 Å². The Morgan fingerprint density at radius 3 is 2.52 bits per heavy atom. The summed E-state index contributed by atoms with van der Waals surface area (Å²) in [7, 11) is 1.54. The second-order valence-electron chi connectivity index (χ2n) is 6.44. The zero-order valence-corrected chi connectivity index (χ0v) is 16.5. The molecule has 150 valence electrons. The highest BCUT2D eigenvalue weighted by Crippen LogP contribution is 2.30. The largest absolute Gasteiger partial charge is 0.493 e. The third kappa shape index (κ3) is 5.25. The number of carbonyl (C=O) groups excluding carboxylic acids is 2. The topological polar surface area (TPSA) is 76.7 Å². The van der Waals surface area contributed by atoms with Gasteiger partial charge in [0.15, 0.2) is 11.5 Å². The molecule has 0 unspecified atom stereocenters. The van der Waals surface area contributed by atoms with Crippen LogP contribution >= 0.6 is 0 Å². The van der Waals surface area contributed by atoms with Gasteiger partial charge < -0.3 is 20.1 Å². The SMILES string of the molecule is CCOc1ccc(NC(=O)CNC(=O)Cc2cccc3ccccc23)cc1OC. The lowest BCUT2D eigenvalue weighted by molar-refractivity contribution is -0.123. The maximum absolute atomic E-state index is 12.3. The molecule has 0 aromatic heterocycles. The summed E-state index contributed by atoms with van der Waals surface area (Å²) in [5.74, 6) is 0.615. The number of benzene rings is 3. The van der Waals surface area contributed by atoms with Crippen molar-refractivity contribution in [2.24, 2.45) is 0 Å². The van der Waals surface area contributed by atoms with Crippen LogP contribution in [0.2, 0.25) is 0 Å². The third-order valence-corrected chi connectivity index (χ3v) is 4.42. The fourth-order valence-corrected chi connectivity index (χ4v) is 3.09. The molecule has 0 atom stereocenters. The number of nitrogens with one attached hydrogen (secondary N) is 2. The highest BCUT2D eigenvalue weighted by atomic mass is 16.5. The summed E-state index contributed by atoms with van der Waals surface area (Å²) in [6.07, 6.45) is 0.214. The van der Waals surface area contributed by atoms with Gasteiger partial charge in [0.25, 0.3) is 0 Å². The quantitative estimate of drug-likeness (QED) is 0.615. The van der Waals surface area contributed by atoms with E-state index in [1.807, 2.05) is 49.4 Å². The lowest BCUT2D eigenvalue weighted by atomic mass is 10.0. The first-order chi connectivity index (χ1) is 14.1. The fourth-order valence-electron chi connectivity index (χ4n) is 3.09.